The van der Waals surface area contributed by atoms with Crippen LogP contribution in [0.2, 0.25) is 10.3 Å². The zero-order chi connectivity index (χ0) is 12.4. The molecule has 2 aromatic rings. The first-order valence-electron chi connectivity index (χ1n) is 4.90. The molecule has 0 aliphatic rings. The number of rotatable bonds is 2. The summed E-state index contributed by atoms with van der Waals surface area (Å²) in [5.41, 5.74) is 1.31. The molecule has 2 rings (SSSR count). The molecule has 2 aromatic heterocycles. The number of hydrogen-bond donors (Lipinski definition) is 0. The molecular weight excluding hydrogens is 261 g/mol. The third kappa shape index (κ3) is 2.84. The summed E-state index contributed by atoms with van der Waals surface area (Å²) in [7, 11) is 0. The van der Waals surface area contributed by atoms with Crippen molar-refractivity contribution in [3.63, 3.8) is 0 Å². The summed E-state index contributed by atoms with van der Waals surface area (Å²) >= 11 is 11.6. The molecule has 0 spiro atoms. The molecule has 0 bridgehead atoms. The van der Waals surface area contributed by atoms with Crippen molar-refractivity contribution in [1.29, 1.82) is 0 Å². The second kappa shape index (κ2) is 4.85. The van der Waals surface area contributed by atoms with Gasteiger partial charge in [0.1, 0.15) is 10.3 Å². The average molecular weight is 270 g/mol. The lowest BCUT2D eigenvalue weighted by Gasteiger charge is -2.07. The molecule has 4 nitrogen and oxygen atoms in total. The number of halogens is 2. The Morgan fingerprint density at radius 3 is 2.82 bits per heavy atom. The quantitative estimate of drug-likeness (QED) is 0.787. The monoisotopic (exact) mass is 269 g/mol. The van der Waals surface area contributed by atoms with Crippen LogP contribution in [0.4, 0.5) is 0 Å². The summed E-state index contributed by atoms with van der Waals surface area (Å²) in [5, 5.41) is 0.624. The SMILES string of the molecule is Cc1cnc(=O)n(Cc2ccc(Cl)nc2Cl)c1. The predicted molar refractivity (Wildman–Crippen MR) is 66.6 cm³/mol. The van der Waals surface area contributed by atoms with Crippen LogP contribution < -0.4 is 5.69 Å². The molecule has 6 heteroatoms. The van der Waals surface area contributed by atoms with E-state index in [1.54, 1.807) is 18.3 Å². The molecule has 0 fully saturated rings. The Labute approximate surface area is 108 Å². The van der Waals surface area contributed by atoms with E-state index in [4.69, 9.17) is 23.2 Å². The fraction of sp³-hybridized carbons (Fsp3) is 0.182. The fourth-order valence-electron chi connectivity index (χ4n) is 1.42. The molecule has 0 aliphatic carbocycles. The van der Waals surface area contributed by atoms with Gasteiger partial charge in [-0.25, -0.2) is 14.8 Å². The fourth-order valence-corrected chi connectivity index (χ4v) is 1.83. The summed E-state index contributed by atoms with van der Waals surface area (Å²) in [6, 6.07) is 3.38. The smallest absolute Gasteiger partial charge is 0.294 e. The highest BCUT2D eigenvalue weighted by Crippen LogP contribution is 2.17. The summed E-state index contributed by atoms with van der Waals surface area (Å²) in [5.74, 6) is 0. The number of aryl methyl sites for hydroxylation is 1. The van der Waals surface area contributed by atoms with E-state index in [0.29, 0.717) is 16.9 Å². The van der Waals surface area contributed by atoms with Crippen LogP contribution in [0.1, 0.15) is 11.1 Å². The Bertz CT molecular complexity index is 610. The van der Waals surface area contributed by atoms with Crippen molar-refractivity contribution >= 4 is 23.2 Å². The number of aromatic nitrogens is 3. The van der Waals surface area contributed by atoms with Crippen molar-refractivity contribution in [3.8, 4) is 0 Å². The predicted octanol–water partition coefficient (Wildman–Crippen LogP) is 2.30. The van der Waals surface area contributed by atoms with Crippen molar-refractivity contribution < 1.29 is 0 Å². The van der Waals surface area contributed by atoms with Crippen LogP contribution in [-0.4, -0.2) is 14.5 Å². The first kappa shape index (κ1) is 12.1. The molecule has 2 heterocycles. The van der Waals surface area contributed by atoms with Gasteiger partial charge in [-0.05, 0) is 18.6 Å². The molecule has 0 aliphatic heterocycles. The van der Waals surface area contributed by atoms with Crippen molar-refractivity contribution in [1.82, 2.24) is 14.5 Å². The van der Waals surface area contributed by atoms with E-state index in [0.717, 1.165) is 11.1 Å². The van der Waals surface area contributed by atoms with Crippen LogP contribution in [0.15, 0.2) is 29.3 Å². The van der Waals surface area contributed by atoms with Gasteiger partial charge >= 0.3 is 5.69 Å². The van der Waals surface area contributed by atoms with E-state index in [1.807, 2.05) is 6.92 Å². The minimum absolute atomic E-state index is 0.297. The highest BCUT2D eigenvalue weighted by molar-refractivity contribution is 6.32. The summed E-state index contributed by atoms with van der Waals surface area (Å²) in [6.45, 7) is 2.20. The largest absolute Gasteiger partial charge is 0.347 e. The lowest BCUT2D eigenvalue weighted by Crippen LogP contribution is -2.23. The van der Waals surface area contributed by atoms with Crippen molar-refractivity contribution in [2.45, 2.75) is 13.5 Å². The maximum atomic E-state index is 11.5. The Hall–Kier alpha value is -1.39. The minimum Gasteiger partial charge on any atom is -0.294 e. The summed E-state index contributed by atoms with van der Waals surface area (Å²) < 4.78 is 1.48. The van der Waals surface area contributed by atoms with Gasteiger partial charge < -0.3 is 0 Å². The van der Waals surface area contributed by atoms with Crippen LogP contribution in [0.5, 0.6) is 0 Å². The van der Waals surface area contributed by atoms with Crippen LogP contribution in [0.3, 0.4) is 0 Å². The molecule has 0 unspecified atom stereocenters. The zero-order valence-corrected chi connectivity index (χ0v) is 10.5. The lowest BCUT2D eigenvalue weighted by molar-refractivity contribution is 0.719. The van der Waals surface area contributed by atoms with Gasteiger partial charge in [0.05, 0.1) is 6.54 Å². The van der Waals surface area contributed by atoms with Gasteiger partial charge in [-0.15, -0.1) is 0 Å². The number of hydrogen-bond acceptors (Lipinski definition) is 3. The van der Waals surface area contributed by atoms with Gasteiger partial charge in [0, 0.05) is 18.0 Å². The second-order valence-electron chi connectivity index (χ2n) is 3.63. The molecule has 88 valence electrons. The van der Waals surface area contributed by atoms with Crippen molar-refractivity contribution in [3.05, 3.63) is 56.4 Å². The maximum Gasteiger partial charge on any atom is 0.347 e. The molecule has 0 radical (unpaired) electrons. The average Bonchev–Trinajstić information content (AvgIpc) is 2.27. The Balaban J connectivity index is 2.38. The maximum absolute atomic E-state index is 11.5. The normalized spacial score (nSPS) is 10.5. The van der Waals surface area contributed by atoms with Gasteiger partial charge in [-0.1, -0.05) is 29.3 Å². The molecule has 0 amide bonds. The topological polar surface area (TPSA) is 47.8 Å². The molecule has 0 N–H and O–H groups in total. The Morgan fingerprint density at radius 1 is 1.35 bits per heavy atom. The summed E-state index contributed by atoms with van der Waals surface area (Å²) in [4.78, 5) is 19.2. The number of nitrogens with zero attached hydrogens (tertiary/aromatic N) is 3. The zero-order valence-electron chi connectivity index (χ0n) is 9.02. The lowest BCUT2D eigenvalue weighted by atomic mass is 10.3. The van der Waals surface area contributed by atoms with Gasteiger partial charge in [0.2, 0.25) is 0 Å². The second-order valence-corrected chi connectivity index (χ2v) is 4.37. The molecule has 0 aromatic carbocycles. The van der Waals surface area contributed by atoms with Crippen LogP contribution in [0, 0.1) is 6.92 Å². The first-order valence-corrected chi connectivity index (χ1v) is 5.66. The molecule has 0 atom stereocenters. The third-order valence-electron chi connectivity index (χ3n) is 2.22. The van der Waals surface area contributed by atoms with Gasteiger partial charge in [-0.2, -0.15) is 0 Å². The van der Waals surface area contributed by atoms with Gasteiger partial charge in [0.15, 0.2) is 0 Å². The number of pyridine rings is 1. The highest BCUT2D eigenvalue weighted by atomic mass is 35.5. The Kier molecular flexibility index (Phi) is 3.45. The van der Waals surface area contributed by atoms with E-state index in [1.165, 1.54) is 10.8 Å². The molecule has 17 heavy (non-hydrogen) atoms. The molecular formula is C11H9Cl2N3O. The van der Waals surface area contributed by atoms with E-state index in [2.05, 4.69) is 9.97 Å². The van der Waals surface area contributed by atoms with Crippen LogP contribution in [-0.2, 0) is 6.54 Å². The summed E-state index contributed by atoms with van der Waals surface area (Å²) in [6.07, 6.45) is 3.25. The van der Waals surface area contributed by atoms with Crippen LogP contribution >= 0.6 is 23.2 Å². The van der Waals surface area contributed by atoms with Crippen LogP contribution in [0.25, 0.3) is 0 Å². The van der Waals surface area contributed by atoms with E-state index in [9.17, 15) is 4.79 Å². The van der Waals surface area contributed by atoms with Gasteiger partial charge in [0.25, 0.3) is 0 Å². The molecule has 0 saturated heterocycles. The Morgan fingerprint density at radius 2 is 2.12 bits per heavy atom. The van der Waals surface area contributed by atoms with Crippen molar-refractivity contribution in [2.24, 2.45) is 0 Å². The van der Waals surface area contributed by atoms with Crippen molar-refractivity contribution in [2.75, 3.05) is 0 Å². The standard InChI is InChI=1S/C11H9Cl2N3O/c1-7-4-14-11(17)16(5-7)6-8-2-3-9(12)15-10(8)13/h2-5H,6H2,1H3. The van der Waals surface area contributed by atoms with E-state index < -0.39 is 0 Å². The highest BCUT2D eigenvalue weighted by Gasteiger charge is 2.05. The van der Waals surface area contributed by atoms with E-state index >= 15 is 0 Å². The van der Waals surface area contributed by atoms with E-state index in [-0.39, 0.29) is 5.69 Å². The third-order valence-corrected chi connectivity index (χ3v) is 2.75. The minimum atomic E-state index is -0.318. The van der Waals surface area contributed by atoms with Gasteiger partial charge in [-0.3, -0.25) is 4.57 Å². The molecule has 0 saturated carbocycles. The first-order chi connectivity index (χ1) is 8.06.